The van der Waals surface area contributed by atoms with Gasteiger partial charge in [0.25, 0.3) is 0 Å². The number of halogens is 2. The molecule has 0 saturated carbocycles. The number of aryl methyl sites for hydroxylation is 1. The quantitative estimate of drug-likeness (QED) is 0.618. The molecule has 3 aromatic carbocycles. The van der Waals surface area contributed by atoms with Crippen molar-refractivity contribution in [3.8, 4) is 16.9 Å². The number of fused-ring (bicyclic) bond motifs is 1. The van der Waals surface area contributed by atoms with Crippen molar-refractivity contribution in [2.45, 2.75) is 19.8 Å². The molecule has 0 saturated heterocycles. The van der Waals surface area contributed by atoms with Crippen molar-refractivity contribution in [1.82, 2.24) is 0 Å². The van der Waals surface area contributed by atoms with Gasteiger partial charge in [0.15, 0.2) is 11.6 Å². The molecule has 0 spiro atoms. The van der Waals surface area contributed by atoms with Gasteiger partial charge >= 0.3 is 5.97 Å². The molecule has 4 nitrogen and oxygen atoms in total. The Kier molecular flexibility index (Phi) is 4.24. The molecule has 152 valence electrons. The highest BCUT2D eigenvalue weighted by molar-refractivity contribution is 6.05. The van der Waals surface area contributed by atoms with Gasteiger partial charge in [-0.3, -0.25) is 4.79 Å². The lowest BCUT2D eigenvalue weighted by atomic mass is 9.84. The Labute approximate surface area is 171 Å². The standard InChI is InChI=1S/C24H19F2NO3/c1-12-8-14-9-18(25)19(26)10-17(14)23(16(12)11-21(28)29)15-2-3-20-22-13(5-7-30-20)4-6-27-24(15)22/h2-4,8-10,27H,5-7,11H2,1H3,(H,28,29). The zero-order valence-corrected chi connectivity index (χ0v) is 16.3. The van der Waals surface area contributed by atoms with Crippen LogP contribution in [0.1, 0.15) is 23.1 Å². The van der Waals surface area contributed by atoms with Gasteiger partial charge in [-0.25, -0.2) is 8.78 Å². The van der Waals surface area contributed by atoms with Crippen molar-refractivity contribution in [3.05, 3.63) is 64.7 Å². The molecular weight excluding hydrogens is 388 g/mol. The average Bonchev–Trinajstić information content (AvgIpc) is 2.71. The number of carboxylic acid groups (broad SMARTS) is 1. The molecule has 0 aromatic heterocycles. The van der Waals surface area contributed by atoms with Gasteiger partial charge in [0.2, 0.25) is 0 Å². The fourth-order valence-corrected chi connectivity index (χ4v) is 4.56. The van der Waals surface area contributed by atoms with Crippen LogP contribution in [-0.2, 0) is 11.2 Å². The van der Waals surface area contributed by atoms with Gasteiger partial charge in [-0.2, -0.15) is 0 Å². The number of anilines is 1. The third kappa shape index (κ3) is 2.83. The van der Waals surface area contributed by atoms with E-state index in [1.54, 1.807) is 13.0 Å². The van der Waals surface area contributed by atoms with Gasteiger partial charge in [0, 0.05) is 24.1 Å². The van der Waals surface area contributed by atoms with E-state index in [-0.39, 0.29) is 6.42 Å². The summed E-state index contributed by atoms with van der Waals surface area (Å²) < 4.78 is 34.0. The lowest BCUT2D eigenvalue weighted by Crippen LogP contribution is -2.17. The maximum atomic E-state index is 14.2. The summed E-state index contributed by atoms with van der Waals surface area (Å²) in [5.41, 5.74) is 5.67. The summed E-state index contributed by atoms with van der Waals surface area (Å²) in [6.45, 7) is 3.05. The van der Waals surface area contributed by atoms with E-state index in [1.165, 1.54) is 5.57 Å². The van der Waals surface area contributed by atoms with Crippen LogP contribution in [-0.4, -0.2) is 24.2 Å². The summed E-state index contributed by atoms with van der Waals surface area (Å²) in [6, 6.07) is 7.78. The zero-order valence-electron chi connectivity index (χ0n) is 16.3. The van der Waals surface area contributed by atoms with Gasteiger partial charge in [0.1, 0.15) is 5.75 Å². The summed E-state index contributed by atoms with van der Waals surface area (Å²) in [7, 11) is 0. The summed E-state index contributed by atoms with van der Waals surface area (Å²) in [5.74, 6) is -2.10. The van der Waals surface area contributed by atoms with E-state index in [9.17, 15) is 18.7 Å². The Balaban J connectivity index is 1.89. The van der Waals surface area contributed by atoms with Crippen LogP contribution in [0, 0.1) is 18.6 Å². The first kappa shape index (κ1) is 18.6. The summed E-state index contributed by atoms with van der Waals surface area (Å²) in [4.78, 5) is 11.6. The minimum Gasteiger partial charge on any atom is -0.493 e. The van der Waals surface area contributed by atoms with Gasteiger partial charge < -0.3 is 15.2 Å². The molecule has 0 aliphatic carbocycles. The fraction of sp³-hybridized carbons (Fsp3) is 0.208. The number of aliphatic carboxylic acids is 1. The first-order chi connectivity index (χ1) is 14.4. The van der Waals surface area contributed by atoms with Crippen LogP contribution in [0.5, 0.6) is 5.75 Å². The van der Waals surface area contributed by atoms with Gasteiger partial charge in [-0.1, -0.05) is 12.1 Å². The lowest BCUT2D eigenvalue weighted by Gasteiger charge is -2.29. The van der Waals surface area contributed by atoms with Crippen LogP contribution >= 0.6 is 0 Å². The molecule has 30 heavy (non-hydrogen) atoms. The Morgan fingerprint density at radius 3 is 2.77 bits per heavy atom. The van der Waals surface area contributed by atoms with Crippen LogP contribution in [0.25, 0.3) is 27.5 Å². The Bertz CT molecular complexity index is 1260. The number of carboxylic acids is 1. The van der Waals surface area contributed by atoms with Crippen molar-refractivity contribution in [3.63, 3.8) is 0 Å². The van der Waals surface area contributed by atoms with Crippen molar-refractivity contribution in [1.29, 1.82) is 0 Å². The molecule has 2 N–H and O–H groups in total. The topological polar surface area (TPSA) is 58.6 Å². The molecule has 2 heterocycles. The van der Waals surface area contributed by atoms with Crippen molar-refractivity contribution in [2.24, 2.45) is 0 Å². The molecule has 0 unspecified atom stereocenters. The van der Waals surface area contributed by atoms with Crippen LogP contribution in [0.15, 0.2) is 36.4 Å². The molecular formula is C24H19F2NO3. The highest BCUT2D eigenvalue weighted by atomic mass is 19.2. The van der Waals surface area contributed by atoms with E-state index in [4.69, 9.17) is 4.74 Å². The highest BCUT2D eigenvalue weighted by Gasteiger charge is 2.27. The zero-order chi connectivity index (χ0) is 21.0. The predicted molar refractivity (Wildman–Crippen MR) is 112 cm³/mol. The van der Waals surface area contributed by atoms with E-state index in [2.05, 4.69) is 11.4 Å². The Morgan fingerprint density at radius 2 is 1.97 bits per heavy atom. The van der Waals surface area contributed by atoms with Crippen molar-refractivity contribution < 1.29 is 23.4 Å². The molecule has 5 rings (SSSR count). The van der Waals surface area contributed by atoms with E-state index in [0.717, 1.165) is 46.7 Å². The number of ether oxygens (including phenoxy) is 1. The number of nitrogens with one attached hydrogen (secondary N) is 1. The largest absolute Gasteiger partial charge is 0.493 e. The Hall–Kier alpha value is -3.41. The summed E-state index contributed by atoms with van der Waals surface area (Å²) in [6.07, 6.45) is 2.70. The monoisotopic (exact) mass is 407 g/mol. The second kappa shape index (κ2) is 6.83. The number of benzene rings is 3. The van der Waals surface area contributed by atoms with Gasteiger partial charge in [-0.15, -0.1) is 0 Å². The maximum absolute atomic E-state index is 14.2. The average molecular weight is 407 g/mol. The first-order valence-electron chi connectivity index (χ1n) is 9.80. The Morgan fingerprint density at radius 1 is 1.17 bits per heavy atom. The van der Waals surface area contributed by atoms with Crippen molar-refractivity contribution >= 4 is 28.0 Å². The fourth-order valence-electron chi connectivity index (χ4n) is 4.56. The molecule has 3 aromatic rings. The molecule has 2 aliphatic rings. The summed E-state index contributed by atoms with van der Waals surface area (Å²) in [5, 5.41) is 13.9. The van der Waals surface area contributed by atoms with Crippen LogP contribution in [0.4, 0.5) is 14.5 Å². The molecule has 2 aliphatic heterocycles. The molecule has 0 fully saturated rings. The second-order valence-corrected chi connectivity index (χ2v) is 7.67. The molecule has 0 amide bonds. The van der Waals surface area contributed by atoms with Gasteiger partial charge in [0.05, 0.1) is 18.7 Å². The number of carbonyl (C=O) groups is 1. The number of rotatable bonds is 3. The normalized spacial score (nSPS) is 14.6. The number of hydrogen-bond acceptors (Lipinski definition) is 3. The van der Waals surface area contributed by atoms with Crippen molar-refractivity contribution in [2.75, 3.05) is 18.5 Å². The van der Waals surface area contributed by atoms with E-state index in [0.29, 0.717) is 35.1 Å². The van der Waals surface area contributed by atoms with E-state index in [1.807, 2.05) is 12.1 Å². The predicted octanol–water partition coefficient (Wildman–Crippen LogP) is 5.31. The third-order valence-corrected chi connectivity index (χ3v) is 5.85. The van der Waals surface area contributed by atoms with Crippen LogP contribution in [0.3, 0.4) is 0 Å². The molecule has 0 atom stereocenters. The minimum atomic E-state index is -0.982. The van der Waals surface area contributed by atoms with E-state index >= 15 is 0 Å². The van der Waals surface area contributed by atoms with Gasteiger partial charge in [-0.05, 0) is 64.2 Å². The highest BCUT2D eigenvalue weighted by Crippen LogP contribution is 2.48. The summed E-state index contributed by atoms with van der Waals surface area (Å²) >= 11 is 0. The number of hydrogen-bond donors (Lipinski definition) is 2. The third-order valence-electron chi connectivity index (χ3n) is 5.85. The smallest absolute Gasteiger partial charge is 0.307 e. The molecule has 0 radical (unpaired) electrons. The lowest BCUT2D eigenvalue weighted by molar-refractivity contribution is -0.136. The SMILES string of the molecule is Cc1cc2cc(F)c(F)cc2c(-c2ccc3c4c2NCC=C4CCO3)c1CC(=O)O. The van der Waals surface area contributed by atoms with Crippen LogP contribution < -0.4 is 10.1 Å². The first-order valence-corrected chi connectivity index (χ1v) is 9.80. The second-order valence-electron chi connectivity index (χ2n) is 7.67. The maximum Gasteiger partial charge on any atom is 0.307 e. The van der Waals surface area contributed by atoms with E-state index < -0.39 is 17.6 Å². The molecule has 6 heteroatoms. The van der Waals surface area contributed by atoms with Crippen LogP contribution in [0.2, 0.25) is 0 Å². The minimum absolute atomic E-state index is 0.216. The molecule has 0 bridgehead atoms.